The first-order valence-electron chi connectivity index (χ1n) is 2.59. The highest BCUT2D eigenvalue weighted by Crippen LogP contribution is 1.88. The van der Waals surface area contributed by atoms with Gasteiger partial charge in [0.05, 0.1) is 0 Å². The maximum atomic E-state index is 5.35. The highest BCUT2D eigenvalue weighted by Gasteiger charge is 1.89. The Kier molecular flexibility index (Phi) is 3.63. The molecule has 4 nitrogen and oxygen atoms in total. The molecule has 0 aromatic heterocycles. The maximum Gasteiger partial charge on any atom is 0.137 e. The molecule has 0 aliphatic carbocycles. The van der Waals surface area contributed by atoms with Gasteiger partial charge in [-0.25, -0.2) is 4.99 Å². The van der Waals surface area contributed by atoms with Crippen LogP contribution in [0.15, 0.2) is 34.9 Å². The van der Waals surface area contributed by atoms with Gasteiger partial charge < -0.3 is 11.6 Å². The Morgan fingerprint density at radius 1 is 1.50 bits per heavy atom. The van der Waals surface area contributed by atoms with Crippen molar-refractivity contribution in [2.45, 2.75) is 0 Å². The molecule has 54 valence electrons. The lowest BCUT2D eigenvalue weighted by molar-refractivity contribution is 1.25. The number of rotatable bonds is 3. The molecule has 0 spiro atoms. The third-order valence-electron chi connectivity index (χ3n) is 0.839. The second-order valence-corrected chi connectivity index (χ2v) is 1.51. The zero-order valence-corrected chi connectivity index (χ0v) is 5.62. The summed E-state index contributed by atoms with van der Waals surface area (Å²) in [6, 6.07) is 0. The molecule has 0 rings (SSSR count). The molecule has 0 atom stereocenters. The van der Waals surface area contributed by atoms with Gasteiger partial charge >= 0.3 is 0 Å². The van der Waals surface area contributed by atoms with E-state index in [2.05, 4.69) is 23.3 Å². The average Bonchev–Trinajstić information content (AvgIpc) is 1.98. The third kappa shape index (κ3) is 2.66. The van der Waals surface area contributed by atoms with Crippen molar-refractivity contribution in [2.24, 2.45) is 21.7 Å². The van der Waals surface area contributed by atoms with Gasteiger partial charge in [-0.3, -0.25) is 0 Å². The molecule has 10 heavy (non-hydrogen) atoms. The highest BCUT2D eigenvalue weighted by molar-refractivity contribution is 6.02. The molecule has 4 heteroatoms. The summed E-state index contributed by atoms with van der Waals surface area (Å²) in [5, 5.41) is 3.12. The lowest BCUT2D eigenvalue weighted by Gasteiger charge is -1.93. The quantitative estimate of drug-likeness (QED) is 0.189. The molecule has 0 saturated carbocycles. The number of nitrogens with zero attached hydrogens (tertiary/aromatic N) is 2. The summed E-state index contributed by atoms with van der Waals surface area (Å²) < 4.78 is 0. The minimum atomic E-state index is 0.268. The molecule has 0 amide bonds. The van der Waals surface area contributed by atoms with Crippen LogP contribution in [0.25, 0.3) is 0 Å². The van der Waals surface area contributed by atoms with E-state index >= 15 is 0 Å². The van der Waals surface area contributed by atoms with Crippen LogP contribution >= 0.6 is 0 Å². The fourth-order valence-corrected chi connectivity index (χ4v) is 0.283. The third-order valence-corrected chi connectivity index (χ3v) is 0.839. The molecular weight excluding hydrogens is 128 g/mol. The van der Waals surface area contributed by atoms with E-state index in [0.29, 0.717) is 5.57 Å². The Hall–Kier alpha value is -1.58. The fraction of sp³-hybridized carbons (Fsp3) is 0. The SMILES string of the molecule is C=CC(=C)C(N)=N/C=N\N. The largest absolute Gasteiger partial charge is 0.383 e. The van der Waals surface area contributed by atoms with Crippen molar-refractivity contribution >= 4 is 12.2 Å². The van der Waals surface area contributed by atoms with E-state index in [4.69, 9.17) is 11.6 Å². The van der Waals surface area contributed by atoms with Crippen LogP contribution in [-0.2, 0) is 0 Å². The number of amidine groups is 1. The molecule has 0 bridgehead atoms. The lowest BCUT2D eigenvalue weighted by Crippen LogP contribution is -2.12. The Bertz CT molecular complexity index is 190. The van der Waals surface area contributed by atoms with Crippen LogP contribution < -0.4 is 11.6 Å². The minimum absolute atomic E-state index is 0.268. The van der Waals surface area contributed by atoms with Crippen molar-refractivity contribution in [3.8, 4) is 0 Å². The van der Waals surface area contributed by atoms with Gasteiger partial charge in [0, 0.05) is 5.57 Å². The fourth-order valence-electron chi connectivity index (χ4n) is 0.283. The summed E-state index contributed by atoms with van der Waals surface area (Å²) >= 11 is 0. The predicted octanol–water partition coefficient (Wildman–Crippen LogP) is -0.0122. The van der Waals surface area contributed by atoms with Crippen molar-refractivity contribution in [2.75, 3.05) is 0 Å². The summed E-state index contributed by atoms with van der Waals surface area (Å²) in [5.41, 5.74) is 5.90. The smallest absolute Gasteiger partial charge is 0.137 e. The van der Waals surface area contributed by atoms with Gasteiger partial charge in [0.2, 0.25) is 0 Å². The highest BCUT2D eigenvalue weighted by atomic mass is 15.1. The molecule has 0 saturated heterocycles. The first-order valence-corrected chi connectivity index (χ1v) is 2.59. The van der Waals surface area contributed by atoms with Gasteiger partial charge in [0.25, 0.3) is 0 Å². The first-order chi connectivity index (χ1) is 4.72. The molecule has 0 heterocycles. The Morgan fingerprint density at radius 3 is 2.50 bits per heavy atom. The predicted molar refractivity (Wildman–Crippen MR) is 43.6 cm³/mol. The van der Waals surface area contributed by atoms with Gasteiger partial charge in [-0.15, -0.1) is 0 Å². The van der Waals surface area contributed by atoms with E-state index < -0.39 is 0 Å². The molecule has 4 N–H and O–H groups in total. The lowest BCUT2D eigenvalue weighted by atomic mass is 10.3. The van der Waals surface area contributed by atoms with Crippen molar-refractivity contribution < 1.29 is 0 Å². The molecule has 0 aromatic rings. The number of hydrogen-bond donors (Lipinski definition) is 2. The minimum Gasteiger partial charge on any atom is -0.383 e. The maximum absolute atomic E-state index is 5.35. The Balaban J connectivity index is 4.18. The van der Waals surface area contributed by atoms with Gasteiger partial charge in [0.1, 0.15) is 12.2 Å². The van der Waals surface area contributed by atoms with E-state index in [1.54, 1.807) is 0 Å². The van der Waals surface area contributed by atoms with E-state index in [9.17, 15) is 0 Å². The summed E-state index contributed by atoms with van der Waals surface area (Å²) in [4.78, 5) is 3.62. The van der Waals surface area contributed by atoms with Crippen molar-refractivity contribution in [3.05, 3.63) is 24.8 Å². The summed E-state index contributed by atoms with van der Waals surface area (Å²) in [6.07, 6.45) is 2.65. The summed E-state index contributed by atoms with van der Waals surface area (Å²) in [5.74, 6) is 5.04. The van der Waals surface area contributed by atoms with Gasteiger partial charge in [-0.2, -0.15) is 5.10 Å². The number of nitrogens with two attached hydrogens (primary N) is 2. The van der Waals surface area contributed by atoms with Crippen LogP contribution in [0.4, 0.5) is 0 Å². The van der Waals surface area contributed by atoms with Crippen LogP contribution in [-0.4, -0.2) is 12.2 Å². The second kappa shape index (κ2) is 4.31. The zero-order chi connectivity index (χ0) is 7.98. The number of hydrazone groups is 1. The van der Waals surface area contributed by atoms with Crippen molar-refractivity contribution in [1.29, 1.82) is 0 Å². The van der Waals surface area contributed by atoms with Crippen LogP contribution in [0, 0.1) is 0 Å². The monoisotopic (exact) mass is 138 g/mol. The first kappa shape index (κ1) is 8.42. The number of hydrogen-bond acceptors (Lipinski definition) is 2. The second-order valence-electron chi connectivity index (χ2n) is 1.51. The van der Waals surface area contributed by atoms with E-state index in [0.717, 1.165) is 6.34 Å². The van der Waals surface area contributed by atoms with Crippen LogP contribution in [0.3, 0.4) is 0 Å². The Morgan fingerprint density at radius 2 is 2.10 bits per heavy atom. The van der Waals surface area contributed by atoms with Crippen molar-refractivity contribution in [3.63, 3.8) is 0 Å². The van der Waals surface area contributed by atoms with E-state index in [1.807, 2.05) is 0 Å². The van der Waals surface area contributed by atoms with Gasteiger partial charge in [-0.05, 0) is 0 Å². The van der Waals surface area contributed by atoms with Crippen LogP contribution in [0.5, 0.6) is 0 Å². The number of aliphatic imine (C=N–C) groups is 1. The van der Waals surface area contributed by atoms with Crippen LogP contribution in [0.1, 0.15) is 0 Å². The Labute approximate surface area is 59.6 Å². The van der Waals surface area contributed by atoms with Crippen molar-refractivity contribution in [1.82, 2.24) is 0 Å². The molecular formula is C6H10N4. The average molecular weight is 138 g/mol. The van der Waals surface area contributed by atoms with E-state index in [-0.39, 0.29) is 5.84 Å². The standard InChI is InChI=1S/C6H10N4/c1-3-5(2)6(7)9-4-10-8/h3-4H,1-2,8H2,(H2,7,9,10). The van der Waals surface area contributed by atoms with E-state index in [1.165, 1.54) is 6.08 Å². The molecule has 0 aromatic carbocycles. The molecule has 0 fully saturated rings. The molecule has 0 radical (unpaired) electrons. The van der Waals surface area contributed by atoms with Gasteiger partial charge in [-0.1, -0.05) is 19.2 Å². The van der Waals surface area contributed by atoms with Gasteiger partial charge in [0.15, 0.2) is 0 Å². The molecule has 0 aliphatic rings. The van der Waals surface area contributed by atoms with Crippen LogP contribution in [0.2, 0.25) is 0 Å². The normalized spacial score (nSPS) is 11.8. The molecule has 0 unspecified atom stereocenters. The molecule has 0 aliphatic heterocycles. The summed E-state index contributed by atoms with van der Waals surface area (Å²) in [7, 11) is 0. The zero-order valence-electron chi connectivity index (χ0n) is 5.62. The summed E-state index contributed by atoms with van der Waals surface area (Å²) in [6.45, 7) is 7.00. The topological polar surface area (TPSA) is 76.8 Å².